The van der Waals surface area contributed by atoms with Crippen LogP contribution in [-0.2, 0) is 14.6 Å². The van der Waals surface area contributed by atoms with Gasteiger partial charge in [-0.3, -0.25) is 5.32 Å². The molecule has 0 aliphatic carbocycles. The van der Waals surface area contributed by atoms with E-state index in [2.05, 4.69) is 5.32 Å². The van der Waals surface area contributed by atoms with Crippen molar-refractivity contribution in [3.05, 3.63) is 54.1 Å². The maximum atomic E-state index is 11.9. The Morgan fingerprint density at radius 2 is 1.69 bits per heavy atom. The van der Waals surface area contributed by atoms with Crippen LogP contribution in [0.4, 0.5) is 10.5 Å². The van der Waals surface area contributed by atoms with Crippen LogP contribution < -0.4 is 11.1 Å². The molecule has 0 radical (unpaired) electrons. The Balaban J connectivity index is 2.18. The van der Waals surface area contributed by atoms with Gasteiger partial charge in [-0.15, -0.1) is 0 Å². The largest absolute Gasteiger partial charge is 0.444 e. The first-order chi connectivity index (χ1) is 12.0. The first-order valence-electron chi connectivity index (χ1n) is 8.10. The van der Waals surface area contributed by atoms with Gasteiger partial charge in [-0.05, 0) is 49.6 Å². The Morgan fingerprint density at radius 1 is 1.08 bits per heavy atom. The molecule has 140 valence electrons. The summed E-state index contributed by atoms with van der Waals surface area (Å²) in [6, 6.07) is 14.3. The molecule has 1 unspecified atom stereocenters. The van der Waals surface area contributed by atoms with Crippen LogP contribution in [0, 0.1) is 0 Å². The van der Waals surface area contributed by atoms with E-state index in [1.165, 1.54) is 0 Å². The number of hydrogen-bond donors (Lipinski definition) is 2. The van der Waals surface area contributed by atoms with Gasteiger partial charge >= 0.3 is 6.09 Å². The van der Waals surface area contributed by atoms with E-state index < -0.39 is 26.9 Å². The van der Waals surface area contributed by atoms with Crippen molar-refractivity contribution in [3.8, 4) is 11.1 Å². The second-order valence-electron chi connectivity index (χ2n) is 7.08. The molecule has 0 aliphatic heterocycles. The summed E-state index contributed by atoms with van der Waals surface area (Å²) in [6.45, 7) is 5.39. The molecule has 0 heterocycles. The molecule has 3 N–H and O–H groups in total. The Hall–Kier alpha value is -2.38. The molecule has 6 nitrogen and oxygen atoms in total. The van der Waals surface area contributed by atoms with E-state index in [1.807, 2.05) is 18.2 Å². The lowest BCUT2D eigenvalue weighted by atomic mass is 10.0. The number of benzene rings is 2. The van der Waals surface area contributed by atoms with Gasteiger partial charge in [-0.2, -0.15) is 0 Å². The summed E-state index contributed by atoms with van der Waals surface area (Å²) in [7, 11) is -3.35. The lowest BCUT2D eigenvalue weighted by molar-refractivity contribution is 0.0636. The molecule has 7 heteroatoms. The van der Waals surface area contributed by atoms with E-state index in [0.717, 1.165) is 17.4 Å². The Labute approximate surface area is 154 Å². The Morgan fingerprint density at radius 3 is 2.23 bits per heavy atom. The zero-order valence-electron chi connectivity index (χ0n) is 15.3. The summed E-state index contributed by atoms with van der Waals surface area (Å²) < 4.78 is 28.4. The minimum absolute atomic E-state index is 0.524. The van der Waals surface area contributed by atoms with Crippen LogP contribution in [0.25, 0.3) is 11.1 Å². The van der Waals surface area contributed by atoms with Crippen molar-refractivity contribution in [1.82, 2.24) is 0 Å². The first kappa shape index (κ1) is 19.9. The second kappa shape index (κ2) is 7.47. The van der Waals surface area contributed by atoms with E-state index in [4.69, 9.17) is 10.5 Å². The van der Waals surface area contributed by atoms with Gasteiger partial charge < -0.3 is 10.5 Å². The molecule has 2 rings (SSSR count). The van der Waals surface area contributed by atoms with Crippen molar-refractivity contribution in [3.63, 3.8) is 0 Å². The lowest BCUT2D eigenvalue weighted by Crippen LogP contribution is -2.27. The van der Waals surface area contributed by atoms with Crippen LogP contribution in [0.3, 0.4) is 0 Å². The second-order valence-corrected chi connectivity index (χ2v) is 9.25. The molecule has 2 aromatic carbocycles. The fourth-order valence-corrected chi connectivity index (χ4v) is 2.96. The fourth-order valence-electron chi connectivity index (χ4n) is 2.31. The molecule has 0 bridgehead atoms. The van der Waals surface area contributed by atoms with Crippen LogP contribution in [0.15, 0.2) is 48.5 Å². The number of sulfone groups is 1. The van der Waals surface area contributed by atoms with E-state index in [1.54, 1.807) is 51.1 Å². The third-order valence-electron chi connectivity index (χ3n) is 3.54. The average molecular weight is 376 g/mol. The lowest BCUT2D eigenvalue weighted by Gasteiger charge is -2.19. The quantitative estimate of drug-likeness (QED) is 0.848. The van der Waals surface area contributed by atoms with Gasteiger partial charge in [0.15, 0.2) is 9.84 Å². The number of anilines is 1. The number of nitrogens with one attached hydrogen (secondary N) is 1. The molecule has 0 fully saturated rings. The van der Waals surface area contributed by atoms with Crippen molar-refractivity contribution in [2.24, 2.45) is 5.73 Å². The minimum atomic E-state index is -3.35. The van der Waals surface area contributed by atoms with Gasteiger partial charge in [0, 0.05) is 11.9 Å². The highest BCUT2D eigenvalue weighted by molar-refractivity contribution is 7.90. The van der Waals surface area contributed by atoms with Gasteiger partial charge in [0.05, 0.1) is 0 Å². The summed E-state index contributed by atoms with van der Waals surface area (Å²) >= 11 is 0. The van der Waals surface area contributed by atoms with Gasteiger partial charge in [0.2, 0.25) is 0 Å². The molecule has 0 saturated carbocycles. The zero-order chi connectivity index (χ0) is 19.5. The maximum Gasteiger partial charge on any atom is 0.412 e. The van der Waals surface area contributed by atoms with Crippen molar-refractivity contribution < 1.29 is 17.9 Å². The monoisotopic (exact) mass is 376 g/mol. The van der Waals surface area contributed by atoms with Crippen molar-refractivity contribution in [2.45, 2.75) is 31.7 Å². The molecule has 0 saturated heterocycles. The van der Waals surface area contributed by atoms with Crippen molar-refractivity contribution in [1.29, 1.82) is 0 Å². The predicted molar refractivity (Wildman–Crippen MR) is 104 cm³/mol. The molecular weight excluding hydrogens is 352 g/mol. The summed E-state index contributed by atoms with van der Waals surface area (Å²) in [4.78, 5) is 11.9. The van der Waals surface area contributed by atoms with E-state index in [9.17, 15) is 13.2 Å². The SMILES string of the molecule is CC(C)(C)OC(=O)Nc1cccc(-c2ccc(C(N)S(C)(=O)=O)cc2)c1. The topological polar surface area (TPSA) is 98.5 Å². The Kier molecular flexibility index (Phi) is 5.73. The van der Waals surface area contributed by atoms with E-state index in [0.29, 0.717) is 11.3 Å². The highest BCUT2D eigenvalue weighted by Gasteiger charge is 2.18. The van der Waals surface area contributed by atoms with Crippen LogP contribution in [0.5, 0.6) is 0 Å². The minimum Gasteiger partial charge on any atom is -0.444 e. The summed E-state index contributed by atoms with van der Waals surface area (Å²) in [5.74, 6) is 0. The predicted octanol–water partition coefficient (Wildman–Crippen LogP) is 3.70. The highest BCUT2D eigenvalue weighted by Crippen LogP contribution is 2.25. The zero-order valence-corrected chi connectivity index (χ0v) is 16.1. The molecular formula is C19H24N2O4S. The number of carbonyl (C=O) groups excluding carboxylic acids is 1. The number of hydrogen-bond acceptors (Lipinski definition) is 5. The van der Waals surface area contributed by atoms with Gasteiger partial charge in [0.25, 0.3) is 0 Å². The first-order valence-corrected chi connectivity index (χ1v) is 10.1. The summed E-state index contributed by atoms with van der Waals surface area (Å²) in [5, 5.41) is 1.65. The molecule has 0 spiro atoms. The number of ether oxygens (including phenoxy) is 1. The molecule has 0 aromatic heterocycles. The third-order valence-corrected chi connectivity index (χ3v) is 4.74. The number of amides is 1. The van der Waals surface area contributed by atoms with Gasteiger partial charge in [0.1, 0.15) is 11.0 Å². The normalized spacial score (nSPS) is 13.1. The van der Waals surface area contributed by atoms with Crippen LogP contribution in [-0.4, -0.2) is 26.4 Å². The highest BCUT2D eigenvalue weighted by atomic mass is 32.2. The van der Waals surface area contributed by atoms with E-state index >= 15 is 0 Å². The maximum absolute atomic E-state index is 11.9. The van der Waals surface area contributed by atoms with Crippen LogP contribution >= 0.6 is 0 Å². The molecule has 26 heavy (non-hydrogen) atoms. The summed E-state index contributed by atoms with van der Waals surface area (Å²) in [5.41, 5.74) is 8.05. The number of rotatable bonds is 4. The van der Waals surface area contributed by atoms with E-state index in [-0.39, 0.29) is 0 Å². The van der Waals surface area contributed by atoms with Crippen molar-refractivity contribution in [2.75, 3.05) is 11.6 Å². The van der Waals surface area contributed by atoms with Crippen LogP contribution in [0.1, 0.15) is 31.7 Å². The number of nitrogens with two attached hydrogens (primary N) is 1. The molecule has 1 amide bonds. The number of carbonyl (C=O) groups is 1. The molecule has 0 aliphatic rings. The van der Waals surface area contributed by atoms with Gasteiger partial charge in [-0.1, -0.05) is 36.4 Å². The third kappa shape index (κ3) is 5.57. The van der Waals surface area contributed by atoms with Crippen molar-refractivity contribution >= 4 is 21.6 Å². The average Bonchev–Trinajstić information content (AvgIpc) is 2.52. The van der Waals surface area contributed by atoms with Crippen LogP contribution in [0.2, 0.25) is 0 Å². The molecule has 2 aromatic rings. The Bertz CT molecular complexity index is 885. The molecule has 1 atom stereocenters. The summed E-state index contributed by atoms with van der Waals surface area (Å²) in [6.07, 6.45) is 0.585. The fraction of sp³-hybridized carbons (Fsp3) is 0.316. The standard InChI is InChI=1S/C19H24N2O4S/c1-19(2,3)25-18(22)21-16-7-5-6-15(12-16)13-8-10-14(11-9-13)17(20)26(4,23)24/h5-12,17H,20H2,1-4H3,(H,21,22). The van der Waals surface area contributed by atoms with Gasteiger partial charge in [-0.25, -0.2) is 13.2 Å². The smallest absolute Gasteiger partial charge is 0.412 e.